The van der Waals surface area contributed by atoms with Crippen molar-refractivity contribution in [1.82, 2.24) is 15.3 Å². The summed E-state index contributed by atoms with van der Waals surface area (Å²) in [7, 11) is 1.98. The molecular formula is C13H17N3S. The normalized spacial score (nSPS) is 11.8. The average Bonchev–Trinajstić information content (AvgIpc) is 2.73. The maximum absolute atomic E-state index is 4.65. The zero-order valence-corrected chi connectivity index (χ0v) is 11.4. The Bertz CT molecular complexity index is 503. The highest BCUT2D eigenvalue weighted by Crippen LogP contribution is 2.34. The van der Waals surface area contributed by atoms with E-state index in [1.54, 1.807) is 23.7 Å². The van der Waals surface area contributed by atoms with Gasteiger partial charge in [-0.2, -0.15) is 0 Å². The van der Waals surface area contributed by atoms with Crippen LogP contribution in [0.2, 0.25) is 0 Å². The summed E-state index contributed by atoms with van der Waals surface area (Å²) in [6.07, 6.45) is 3.60. The fourth-order valence-electron chi connectivity index (χ4n) is 1.71. The van der Waals surface area contributed by atoms with E-state index >= 15 is 0 Å². The van der Waals surface area contributed by atoms with Gasteiger partial charge in [0, 0.05) is 28.4 Å². The molecule has 0 radical (unpaired) electrons. The summed E-state index contributed by atoms with van der Waals surface area (Å²) in [6.45, 7) is 6.41. The fourth-order valence-corrected chi connectivity index (χ4v) is 2.89. The van der Waals surface area contributed by atoms with E-state index in [4.69, 9.17) is 0 Å². The monoisotopic (exact) mass is 247 g/mol. The Morgan fingerprint density at radius 3 is 2.47 bits per heavy atom. The molecule has 0 aliphatic carbocycles. The maximum atomic E-state index is 4.65. The molecule has 0 saturated heterocycles. The first-order valence-electron chi connectivity index (χ1n) is 5.62. The van der Waals surface area contributed by atoms with Gasteiger partial charge in [0.15, 0.2) is 0 Å². The quantitative estimate of drug-likeness (QED) is 0.906. The van der Waals surface area contributed by atoms with Gasteiger partial charge in [-0.3, -0.25) is 4.98 Å². The number of aromatic nitrogens is 2. The summed E-state index contributed by atoms with van der Waals surface area (Å²) in [6, 6.07) is 3.99. The lowest BCUT2D eigenvalue weighted by molar-refractivity contribution is 0.450. The Hall–Kier alpha value is -1.26. The van der Waals surface area contributed by atoms with Gasteiger partial charge in [0.1, 0.15) is 5.01 Å². The molecular weight excluding hydrogens is 230 g/mol. The van der Waals surface area contributed by atoms with Crippen LogP contribution in [-0.4, -0.2) is 17.0 Å². The van der Waals surface area contributed by atoms with Crippen molar-refractivity contribution in [2.45, 2.75) is 26.3 Å². The molecule has 3 nitrogen and oxygen atoms in total. The molecule has 2 aromatic rings. The molecule has 0 saturated carbocycles. The van der Waals surface area contributed by atoms with E-state index in [0.717, 1.165) is 16.3 Å². The van der Waals surface area contributed by atoms with Crippen molar-refractivity contribution in [1.29, 1.82) is 0 Å². The van der Waals surface area contributed by atoms with E-state index in [1.165, 1.54) is 4.88 Å². The first-order chi connectivity index (χ1) is 8.04. The number of aryl methyl sites for hydroxylation is 1. The van der Waals surface area contributed by atoms with Crippen molar-refractivity contribution < 1.29 is 0 Å². The molecule has 0 aromatic carbocycles. The van der Waals surface area contributed by atoms with Crippen LogP contribution in [0, 0.1) is 6.92 Å². The molecule has 17 heavy (non-hydrogen) atoms. The van der Waals surface area contributed by atoms with Crippen LogP contribution < -0.4 is 5.32 Å². The van der Waals surface area contributed by atoms with Crippen LogP contribution in [0.15, 0.2) is 24.5 Å². The highest BCUT2D eigenvalue weighted by Gasteiger charge is 2.24. The van der Waals surface area contributed by atoms with Crippen LogP contribution in [0.3, 0.4) is 0 Å². The fraction of sp³-hybridized carbons (Fsp3) is 0.385. The summed E-state index contributed by atoms with van der Waals surface area (Å²) < 4.78 is 0. The molecule has 0 atom stereocenters. The molecule has 0 amide bonds. The molecule has 0 bridgehead atoms. The third kappa shape index (κ3) is 2.37. The summed E-state index contributed by atoms with van der Waals surface area (Å²) in [4.78, 5) is 9.96. The number of rotatable bonds is 3. The van der Waals surface area contributed by atoms with Gasteiger partial charge < -0.3 is 5.32 Å². The Kier molecular flexibility index (Phi) is 3.26. The smallest absolute Gasteiger partial charge is 0.124 e. The predicted molar refractivity (Wildman–Crippen MR) is 72.2 cm³/mol. The zero-order chi connectivity index (χ0) is 12.5. The van der Waals surface area contributed by atoms with Crippen molar-refractivity contribution >= 4 is 11.3 Å². The summed E-state index contributed by atoms with van der Waals surface area (Å²) in [5.41, 5.74) is 2.19. The lowest BCUT2D eigenvalue weighted by Crippen LogP contribution is -2.32. The largest absolute Gasteiger partial charge is 0.310 e. The third-order valence-electron chi connectivity index (χ3n) is 2.92. The van der Waals surface area contributed by atoms with E-state index < -0.39 is 0 Å². The van der Waals surface area contributed by atoms with E-state index in [0.29, 0.717) is 0 Å². The number of pyridine rings is 1. The van der Waals surface area contributed by atoms with Gasteiger partial charge in [-0.05, 0) is 40.0 Å². The Morgan fingerprint density at radius 1 is 1.24 bits per heavy atom. The van der Waals surface area contributed by atoms with Crippen LogP contribution in [0.1, 0.15) is 24.4 Å². The van der Waals surface area contributed by atoms with Crippen molar-refractivity contribution in [3.8, 4) is 10.6 Å². The number of nitrogens with one attached hydrogen (secondary N) is 1. The molecule has 2 heterocycles. The molecule has 0 unspecified atom stereocenters. The summed E-state index contributed by atoms with van der Waals surface area (Å²) in [5.74, 6) is 0. The van der Waals surface area contributed by atoms with E-state index in [-0.39, 0.29) is 5.54 Å². The standard InChI is InChI=1S/C13H17N3S/c1-9-11(13(2,3)14-4)17-12(16-9)10-5-7-15-8-6-10/h5-8,14H,1-4H3. The number of hydrogen-bond donors (Lipinski definition) is 1. The van der Waals surface area contributed by atoms with Crippen molar-refractivity contribution in [3.05, 3.63) is 35.1 Å². The van der Waals surface area contributed by atoms with Crippen molar-refractivity contribution in [3.63, 3.8) is 0 Å². The number of hydrogen-bond acceptors (Lipinski definition) is 4. The van der Waals surface area contributed by atoms with Crippen LogP contribution in [0.25, 0.3) is 10.6 Å². The summed E-state index contributed by atoms with van der Waals surface area (Å²) >= 11 is 1.74. The minimum Gasteiger partial charge on any atom is -0.310 e. The molecule has 1 N–H and O–H groups in total. The highest BCUT2D eigenvalue weighted by molar-refractivity contribution is 7.15. The van der Waals surface area contributed by atoms with Gasteiger partial charge in [0.2, 0.25) is 0 Å². The predicted octanol–water partition coefficient (Wildman–Crippen LogP) is 2.97. The van der Waals surface area contributed by atoms with Gasteiger partial charge >= 0.3 is 0 Å². The van der Waals surface area contributed by atoms with Crippen LogP contribution in [0.4, 0.5) is 0 Å². The van der Waals surface area contributed by atoms with Crippen LogP contribution in [-0.2, 0) is 5.54 Å². The SMILES string of the molecule is CNC(C)(C)c1sc(-c2ccncc2)nc1C. The lowest BCUT2D eigenvalue weighted by atomic mass is 10.0. The summed E-state index contributed by atoms with van der Waals surface area (Å²) in [5, 5.41) is 4.38. The maximum Gasteiger partial charge on any atom is 0.124 e. The molecule has 2 aromatic heterocycles. The van der Waals surface area contributed by atoms with Gasteiger partial charge in [0.05, 0.1) is 5.69 Å². The zero-order valence-electron chi connectivity index (χ0n) is 10.6. The van der Waals surface area contributed by atoms with Gasteiger partial charge in [0.25, 0.3) is 0 Å². The molecule has 0 spiro atoms. The second kappa shape index (κ2) is 4.55. The minimum atomic E-state index is -0.0347. The van der Waals surface area contributed by atoms with Crippen molar-refractivity contribution in [2.24, 2.45) is 0 Å². The Labute approximate surface area is 106 Å². The van der Waals surface area contributed by atoms with Crippen LogP contribution >= 0.6 is 11.3 Å². The Balaban J connectivity index is 2.45. The van der Waals surface area contributed by atoms with Gasteiger partial charge in [-0.25, -0.2) is 4.98 Å². The molecule has 0 fully saturated rings. The number of thiazole rings is 1. The second-order valence-electron chi connectivity index (χ2n) is 4.54. The minimum absolute atomic E-state index is 0.0347. The van der Waals surface area contributed by atoms with Crippen molar-refractivity contribution in [2.75, 3.05) is 7.05 Å². The number of nitrogens with zero attached hydrogens (tertiary/aromatic N) is 2. The Morgan fingerprint density at radius 2 is 1.88 bits per heavy atom. The molecule has 0 aliphatic rings. The molecule has 90 valence electrons. The topological polar surface area (TPSA) is 37.8 Å². The lowest BCUT2D eigenvalue weighted by Gasteiger charge is -2.22. The first-order valence-corrected chi connectivity index (χ1v) is 6.43. The molecule has 0 aliphatic heterocycles. The van der Waals surface area contributed by atoms with E-state index in [1.807, 2.05) is 19.2 Å². The first kappa shape index (κ1) is 12.2. The third-order valence-corrected chi connectivity index (χ3v) is 4.45. The van der Waals surface area contributed by atoms with Gasteiger partial charge in [-0.1, -0.05) is 0 Å². The van der Waals surface area contributed by atoms with E-state index in [2.05, 4.69) is 36.1 Å². The van der Waals surface area contributed by atoms with Crippen LogP contribution in [0.5, 0.6) is 0 Å². The molecule has 2 rings (SSSR count). The second-order valence-corrected chi connectivity index (χ2v) is 5.54. The molecule has 4 heteroatoms. The van der Waals surface area contributed by atoms with E-state index in [9.17, 15) is 0 Å². The average molecular weight is 247 g/mol. The highest BCUT2D eigenvalue weighted by atomic mass is 32.1. The van der Waals surface area contributed by atoms with Gasteiger partial charge in [-0.15, -0.1) is 11.3 Å².